The first-order valence-corrected chi connectivity index (χ1v) is 15.6. The van der Waals surface area contributed by atoms with E-state index in [-0.39, 0.29) is 0 Å². The van der Waals surface area contributed by atoms with Crippen molar-refractivity contribution in [2.24, 2.45) is 0 Å². The molecule has 0 aliphatic rings. The molecular weight excluding hydrogens is 241 g/mol. The van der Waals surface area contributed by atoms with Crippen LogP contribution in [0.5, 0.6) is 0 Å². The topological polar surface area (TPSA) is 27.7 Å². The lowest BCUT2D eigenvalue weighted by Crippen LogP contribution is -2.43. The van der Waals surface area contributed by atoms with Crippen LogP contribution >= 0.6 is 0 Å². The Labute approximate surface area is 104 Å². The molecule has 0 saturated heterocycles. The van der Waals surface area contributed by atoms with Crippen LogP contribution in [0, 0.1) is 0 Å². The second kappa shape index (κ2) is 7.10. The third-order valence-electron chi connectivity index (χ3n) is 1.22. The molecule has 80 valence electrons. The molecule has 0 heterocycles. The zero-order valence-electron chi connectivity index (χ0n) is 10.5. The normalized spacial score (nSPS) is 11.4. The molecule has 0 spiro atoms. The molecule has 0 aliphatic carbocycles. The lowest BCUT2D eigenvalue weighted by molar-refractivity contribution is 0.312. The Kier molecular flexibility index (Phi) is 7.96. The predicted molar refractivity (Wildman–Crippen MR) is 67.3 cm³/mol. The van der Waals surface area contributed by atoms with Crippen molar-refractivity contribution in [3.8, 4) is 0 Å². The largest absolute Gasteiger partial charge is 0.831 e. The zero-order chi connectivity index (χ0) is 11.4. The highest BCUT2D eigenvalue weighted by Gasteiger charge is 2.37. The Balaban J connectivity index is 4.11. The summed E-state index contributed by atoms with van der Waals surface area (Å²) in [6.07, 6.45) is 0. The van der Waals surface area contributed by atoms with E-state index in [1.165, 1.54) is 0 Å². The lowest BCUT2D eigenvalue weighted by atomic mass is 11.8. The fraction of sp³-hybridized carbons (Fsp3) is 1.00. The first kappa shape index (κ1) is 15.7. The first-order chi connectivity index (χ1) is 6.20. The van der Waals surface area contributed by atoms with Crippen molar-refractivity contribution in [1.82, 2.24) is 0 Å². The van der Waals surface area contributed by atoms with Crippen molar-refractivity contribution in [2.45, 2.75) is 42.8 Å². The van der Waals surface area contributed by atoms with Gasteiger partial charge in [-0.3, -0.25) is 0 Å². The van der Waals surface area contributed by atoms with E-state index < -0.39 is 52.4 Å². The molecule has 0 aromatic heterocycles. The third-order valence-corrected chi connectivity index (χ3v) is 10.9. The second-order valence-corrected chi connectivity index (χ2v) is 17.0. The van der Waals surface area contributed by atoms with Gasteiger partial charge in [0.15, 0.2) is 8.32 Å². The molecule has 0 aromatic carbocycles. The lowest BCUT2D eigenvalue weighted by Gasteiger charge is -2.25. The molecule has 0 fully saturated rings. The smallest absolute Gasteiger partial charge is 0.591 e. The summed E-state index contributed by atoms with van der Waals surface area (Å²) < 4.78 is 17.6. The molecule has 14 heavy (non-hydrogen) atoms. The maximum Gasteiger partial charge on any atom is 0.831 e. The van der Waals surface area contributed by atoms with E-state index in [0.29, 0.717) is 0 Å². The number of hydrogen-bond donors (Lipinski definition) is 0. The Morgan fingerprint density at radius 3 is 1.36 bits per heavy atom. The standard InChI is InChI=1S/C3H9OSi.4CH3.3Al.2O/c1-5(2,3)4;;;;;;;;;/h1-3H3;4*1H3;;;;;/q-1;;;;;;;+1;;. The fourth-order valence-corrected chi connectivity index (χ4v) is 8.96. The Hall–Kier alpha value is 1.69. The summed E-state index contributed by atoms with van der Waals surface area (Å²) in [7, 11) is -1.50. The molecule has 0 aromatic rings. The van der Waals surface area contributed by atoms with Crippen LogP contribution in [0.3, 0.4) is 0 Å². The molecule has 7 heteroatoms. The van der Waals surface area contributed by atoms with Crippen LogP contribution < -0.4 is 0 Å². The van der Waals surface area contributed by atoms with Gasteiger partial charge in [0, 0.05) is 0 Å². The molecule has 0 aliphatic heterocycles. The van der Waals surface area contributed by atoms with Gasteiger partial charge in [-0.15, -0.1) is 0 Å². The van der Waals surface area contributed by atoms with Gasteiger partial charge in [0.25, 0.3) is 0 Å². The maximum atomic E-state index is 5.96. The SMILES string of the molecule is [CH3][Al]([CH3])[O][Al]([O][Al]([CH3])[CH3])[O][Si](C)(C)C. The van der Waals surface area contributed by atoms with Crippen LogP contribution in [0.4, 0.5) is 0 Å². The highest BCUT2D eigenvalue weighted by molar-refractivity contribution is 6.77. The molecule has 0 radical (unpaired) electrons. The van der Waals surface area contributed by atoms with E-state index in [1.54, 1.807) is 0 Å². The van der Waals surface area contributed by atoms with Crippen LogP contribution in [0.1, 0.15) is 0 Å². The van der Waals surface area contributed by atoms with Crippen molar-refractivity contribution < 1.29 is 9.16 Å². The molecule has 0 amide bonds. The van der Waals surface area contributed by atoms with Crippen molar-refractivity contribution in [3.63, 3.8) is 0 Å². The summed E-state index contributed by atoms with van der Waals surface area (Å²) in [5, 5.41) is 0. The zero-order valence-corrected chi connectivity index (χ0v) is 14.9. The van der Waals surface area contributed by atoms with Crippen LogP contribution in [-0.2, 0) is 9.16 Å². The van der Waals surface area contributed by atoms with Crippen LogP contribution in [0.15, 0.2) is 0 Å². The highest BCUT2D eigenvalue weighted by Crippen LogP contribution is 2.08. The van der Waals surface area contributed by atoms with Gasteiger partial charge in [0.2, 0.25) is 0 Å². The van der Waals surface area contributed by atoms with Gasteiger partial charge < -0.3 is 9.16 Å². The second-order valence-electron chi connectivity index (χ2n) is 4.89. The Morgan fingerprint density at radius 2 is 1.14 bits per heavy atom. The average molecular weight is 262 g/mol. The molecule has 0 rings (SSSR count). The highest BCUT2D eigenvalue weighted by atomic mass is 28.4. The molecule has 3 nitrogen and oxygen atoms in total. The minimum absolute atomic E-state index is 1.02. The van der Waals surface area contributed by atoms with Crippen LogP contribution in [0.2, 0.25) is 42.8 Å². The van der Waals surface area contributed by atoms with E-state index in [1.807, 2.05) is 0 Å². The van der Waals surface area contributed by atoms with E-state index >= 15 is 0 Å². The van der Waals surface area contributed by atoms with E-state index in [2.05, 4.69) is 42.8 Å². The molecule has 0 N–H and O–H groups in total. The Morgan fingerprint density at radius 1 is 0.786 bits per heavy atom. The van der Waals surface area contributed by atoms with E-state index in [0.717, 1.165) is 0 Å². The predicted octanol–water partition coefficient (Wildman–Crippen LogP) is 2.36. The molecule has 0 bridgehead atoms. The van der Waals surface area contributed by atoms with Gasteiger partial charge in [0.1, 0.15) is 0 Å². The summed E-state index contributed by atoms with van der Waals surface area (Å²) >= 11 is -3.83. The summed E-state index contributed by atoms with van der Waals surface area (Å²) in [5.41, 5.74) is 0. The maximum absolute atomic E-state index is 5.96. The molecular formula is C7H21Al3O3Si. The molecule has 0 unspecified atom stereocenters. The van der Waals surface area contributed by atoms with Crippen molar-refractivity contribution in [2.75, 3.05) is 0 Å². The van der Waals surface area contributed by atoms with Crippen LogP contribution in [0.25, 0.3) is 0 Å². The fourth-order valence-electron chi connectivity index (χ4n) is 0.821. The van der Waals surface area contributed by atoms with Crippen LogP contribution in [-0.4, -0.2) is 52.4 Å². The summed E-state index contributed by atoms with van der Waals surface area (Å²) in [6.45, 7) is 6.55. The average Bonchev–Trinajstić information content (AvgIpc) is 1.77. The van der Waals surface area contributed by atoms with Gasteiger partial charge >= 0.3 is 44.1 Å². The number of hydrogen-bond acceptors (Lipinski definition) is 3. The monoisotopic (exact) mass is 262 g/mol. The molecule has 0 saturated carbocycles. The minimum Gasteiger partial charge on any atom is -0.591 e. The van der Waals surface area contributed by atoms with Gasteiger partial charge in [-0.2, -0.15) is 0 Å². The van der Waals surface area contributed by atoms with Gasteiger partial charge in [-0.1, -0.05) is 23.1 Å². The minimum atomic E-state index is -1.79. The van der Waals surface area contributed by atoms with Crippen molar-refractivity contribution in [3.05, 3.63) is 0 Å². The number of rotatable bonds is 6. The first-order valence-electron chi connectivity index (χ1n) is 5.19. The van der Waals surface area contributed by atoms with E-state index in [4.69, 9.17) is 9.16 Å². The van der Waals surface area contributed by atoms with Crippen molar-refractivity contribution in [1.29, 1.82) is 0 Å². The van der Waals surface area contributed by atoms with Crippen molar-refractivity contribution >= 4 is 52.4 Å². The van der Waals surface area contributed by atoms with Gasteiger partial charge in [-0.25, -0.2) is 0 Å². The van der Waals surface area contributed by atoms with Gasteiger partial charge in [0.05, 0.1) is 0 Å². The van der Waals surface area contributed by atoms with E-state index in [9.17, 15) is 0 Å². The van der Waals surface area contributed by atoms with Gasteiger partial charge in [-0.05, 0) is 19.6 Å². The summed E-state index contributed by atoms with van der Waals surface area (Å²) in [5.74, 6) is 8.66. The Bertz CT molecular complexity index is 151. The quantitative estimate of drug-likeness (QED) is 0.688. The molecule has 0 atom stereocenters. The summed E-state index contributed by atoms with van der Waals surface area (Å²) in [6, 6.07) is 0. The third kappa shape index (κ3) is 10.2. The summed E-state index contributed by atoms with van der Waals surface area (Å²) in [4.78, 5) is 0.